The topological polar surface area (TPSA) is 78.9 Å². The molecule has 0 aliphatic carbocycles. The van der Waals surface area contributed by atoms with Crippen LogP contribution in [0, 0.1) is 0 Å². The summed E-state index contributed by atoms with van der Waals surface area (Å²) in [7, 11) is -1.55. The summed E-state index contributed by atoms with van der Waals surface area (Å²) in [5.74, 6) is 0.796. The molecule has 2 aromatic carbocycles. The highest BCUT2D eigenvalue weighted by Gasteiger charge is 2.27. The lowest BCUT2D eigenvalue weighted by molar-refractivity contribution is -0.122. The summed E-state index contributed by atoms with van der Waals surface area (Å²) >= 11 is 0. The molecule has 1 amide bonds. The smallest absolute Gasteiger partial charge is 0.265 e. The third-order valence-electron chi connectivity index (χ3n) is 6.22. The van der Waals surface area contributed by atoms with Gasteiger partial charge in [-0.1, -0.05) is 39.0 Å². The summed E-state index contributed by atoms with van der Waals surface area (Å²) in [4.78, 5) is 15.2. The van der Waals surface area contributed by atoms with Crippen LogP contribution in [-0.2, 0) is 14.8 Å². The molecule has 1 saturated heterocycles. The first-order valence-electron chi connectivity index (χ1n) is 11.6. The Bertz CT molecular complexity index is 1030. The first-order chi connectivity index (χ1) is 15.8. The first-order valence-corrected chi connectivity index (χ1v) is 13.1. The van der Waals surface area contributed by atoms with Crippen LogP contribution in [0.5, 0.6) is 5.75 Å². The van der Waals surface area contributed by atoms with Crippen LogP contribution in [0.3, 0.4) is 0 Å². The van der Waals surface area contributed by atoms with Crippen molar-refractivity contribution in [2.75, 3.05) is 38.5 Å². The van der Waals surface area contributed by atoms with E-state index in [1.54, 1.807) is 24.3 Å². The summed E-state index contributed by atoms with van der Waals surface area (Å²) in [6, 6.07) is 14.2. The molecule has 2 aromatic rings. The average molecular weight is 474 g/mol. The van der Waals surface area contributed by atoms with E-state index in [1.165, 1.54) is 4.31 Å². The molecule has 33 heavy (non-hydrogen) atoms. The van der Waals surface area contributed by atoms with Crippen LogP contribution in [0.4, 0.5) is 5.69 Å². The van der Waals surface area contributed by atoms with Gasteiger partial charge in [-0.3, -0.25) is 4.79 Å². The lowest BCUT2D eigenvalue weighted by atomic mass is 9.98. The van der Waals surface area contributed by atoms with Crippen molar-refractivity contribution in [1.29, 1.82) is 0 Å². The van der Waals surface area contributed by atoms with Gasteiger partial charge in [0.15, 0.2) is 6.10 Å². The van der Waals surface area contributed by atoms with Gasteiger partial charge in [0.05, 0.1) is 4.90 Å². The number of hydrogen-bond acceptors (Lipinski definition) is 5. The highest BCUT2D eigenvalue weighted by atomic mass is 32.2. The van der Waals surface area contributed by atoms with Crippen LogP contribution < -0.4 is 10.1 Å². The van der Waals surface area contributed by atoms with Gasteiger partial charge in [-0.25, -0.2) is 8.42 Å². The quantitative estimate of drug-likeness (QED) is 0.597. The minimum absolute atomic E-state index is 0.232. The molecule has 0 bridgehead atoms. The van der Waals surface area contributed by atoms with E-state index in [0.29, 0.717) is 44.2 Å². The highest BCUT2D eigenvalue weighted by Crippen LogP contribution is 2.29. The maximum absolute atomic E-state index is 12.9. The van der Waals surface area contributed by atoms with Crippen molar-refractivity contribution in [2.45, 2.75) is 50.5 Å². The van der Waals surface area contributed by atoms with Crippen LogP contribution in [-0.4, -0.2) is 62.9 Å². The number of ether oxygens (including phenoxy) is 1. The molecule has 1 aliphatic heterocycles. The third-order valence-corrected chi connectivity index (χ3v) is 8.13. The van der Waals surface area contributed by atoms with E-state index in [-0.39, 0.29) is 10.8 Å². The SMILES string of the molecule is CCC(Oc1ccccc1C(C)CC)C(=O)Nc1ccc(S(=O)(=O)N2CCN(C)CC2)cc1. The van der Waals surface area contributed by atoms with Crippen molar-refractivity contribution < 1.29 is 17.9 Å². The molecule has 3 rings (SSSR count). The Labute approximate surface area is 197 Å². The van der Waals surface area contributed by atoms with Crippen molar-refractivity contribution in [3.63, 3.8) is 0 Å². The number of benzene rings is 2. The number of nitrogens with zero attached hydrogens (tertiary/aromatic N) is 2. The Kier molecular flexibility index (Phi) is 8.51. The summed E-state index contributed by atoms with van der Waals surface area (Å²) in [6.45, 7) is 8.55. The van der Waals surface area contributed by atoms with Gasteiger partial charge in [0, 0.05) is 31.9 Å². The molecule has 2 atom stereocenters. The van der Waals surface area contributed by atoms with Crippen molar-refractivity contribution in [3.05, 3.63) is 54.1 Å². The monoisotopic (exact) mass is 473 g/mol. The summed E-state index contributed by atoms with van der Waals surface area (Å²) in [6.07, 6.45) is 0.840. The molecular formula is C25H35N3O4S. The highest BCUT2D eigenvalue weighted by molar-refractivity contribution is 7.89. The number of nitrogens with one attached hydrogen (secondary N) is 1. The van der Waals surface area contributed by atoms with E-state index in [2.05, 4.69) is 24.1 Å². The van der Waals surface area contributed by atoms with Gasteiger partial charge in [0.2, 0.25) is 10.0 Å². The number of amides is 1. The maximum Gasteiger partial charge on any atom is 0.265 e. The zero-order valence-corrected chi connectivity index (χ0v) is 20.8. The van der Waals surface area contributed by atoms with Crippen LogP contribution >= 0.6 is 0 Å². The van der Waals surface area contributed by atoms with Crippen LogP contribution in [0.25, 0.3) is 0 Å². The molecule has 0 radical (unpaired) electrons. The number of carbonyl (C=O) groups is 1. The normalized spacial score (nSPS) is 17.3. The van der Waals surface area contributed by atoms with E-state index in [9.17, 15) is 13.2 Å². The Morgan fingerprint density at radius 1 is 1.00 bits per heavy atom. The van der Waals surface area contributed by atoms with E-state index in [4.69, 9.17) is 4.74 Å². The minimum Gasteiger partial charge on any atom is -0.480 e. The number of rotatable bonds is 9. The molecular weight excluding hydrogens is 438 g/mol. The van der Waals surface area contributed by atoms with Gasteiger partial charge in [-0.2, -0.15) is 4.31 Å². The Morgan fingerprint density at radius 3 is 2.24 bits per heavy atom. The number of anilines is 1. The molecule has 2 unspecified atom stereocenters. The Balaban J connectivity index is 1.67. The maximum atomic E-state index is 12.9. The van der Waals surface area contributed by atoms with Gasteiger partial charge >= 0.3 is 0 Å². The van der Waals surface area contributed by atoms with Crippen molar-refractivity contribution in [2.24, 2.45) is 0 Å². The summed E-state index contributed by atoms with van der Waals surface area (Å²) < 4.78 is 33.4. The largest absolute Gasteiger partial charge is 0.480 e. The van der Waals surface area contributed by atoms with Gasteiger partial charge in [-0.15, -0.1) is 0 Å². The predicted molar refractivity (Wildman–Crippen MR) is 131 cm³/mol. The molecule has 1 aliphatic rings. The minimum atomic E-state index is -3.54. The van der Waals surface area contributed by atoms with Gasteiger partial charge in [0.1, 0.15) is 5.75 Å². The molecule has 7 nitrogen and oxygen atoms in total. The fourth-order valence-electron chi connectivity index (χ4n) is 3.80. The second-order valence-corrected chi connectivity index (χ2v) is 10.5. The third kappa shape index (κ3) is 6.13. The molecule has 1 fully saturated rings. The standard InChI is InChI=1S/C25H35N3O4S/c1-5-19(3)22-9-7-8-10-24(22)32-23(6-2)25(29)26-20-11-13-21(14-12-20)33(30,31)28-17-15-27(4)16-18-28/h7-14,19,23H,5-6,15-18H2,1-4H3,(H,26,29). The molecule has 1 N–H and O–H groups in total. The predicted octanol–water partition coefficient (Wildman–Crippen LogP) is 3.93. The number of piperazine rings is 1. The van der Waals surface area contributed by atoms with E-state index < -0.39 is 16.1 Å². The van der Waals surface area contributed by atoms with Crippen molar-refractivity contribution >= 4 is 21.6 Å². The van der Waals surface area contributed by atoms with Gasteiger partial charge in [0.25, 0.3) is 5.91 Å². The molecule has 0 spiro atoms. The summed E-state index contributed by atoms with van der Waals surface area (Å²) in [5, 5.41) is 2.86. The lowest BCUT2D eigenvalue weighted by Crippen LogP contribution is -2.46. The van der Waals surface area contributed by atoms with E-state index in [0.717, 1.165) is 17.7 Å². The zero-order valence-electron chi connectivity index (χ0n) is 20.0. The number of likely N-dealkylation sites (N-methyl/N-ethyl adjacent to an activating group) is 1. The lowest BCUT2D eigenvalue weighted by Gasteiger charge is -2.31. The fourth-order valence-corrected chi connectivity index (χ4v) is 5.22. The van der Waals surface area contributed by atoms with E-state index >= 15 is 0 Å². The molecule has 180 valence electrons. The van der Waals surface area contributed by atoms with Gasteiger partial charge < -0.3 is 15.0 Å². The average Bonchev–Trinajstić information content (AvgIpc) is 2.82. The zero-order chi connectivity index (χ0) is 24.0. The second-order valence-electron chi connectivity index (χ2n) is 8.58. The molecule has 8 heteroatoms. The second kappa shape index (κ2) is 11.1. The molecule has 0 saturated carbocycles. The number of sulfonamides is 1. The van der Waals surface area contributed by atoms with Crippen LogP contribution in [0.15, 0.2) is 53.4 Å². The molecule has 0 aromatic heterocycles. The first kappa shape index (κ1) is 25.2. The molecule has 1 heterocycles. The van der Waals surface area contributed by atoms with Crippen molar-refractivity contribution in [3.8, 4) is 5.75 Å². The number of carbonyl (C=O) groups excluding carboxylic acids is 1. The fraction of sp³-hybridized carbons (Fsp3) is 0.480. The number of para-hydroxylation sites is 1. The van der Waals surface area contributed by atoms with Crippen molar-refractivity contribution in [1.82, 2.24) is 9.21 Å². The number of hydrogen-bond donors (Lipinski definition) is 1. The Hall–Kier alpha value is -2.42. The van der Waals surface area contributed by atoms with Crippen LogP contribution in [0.1, 0.15) is 45.1 Å². The Morgan fingerprint density at radius 2 is 1.64 bits per heavy atom. The van der Waals surface area contributed by atoms with Crippen LogP contribution in [0.2, 0.25) is 0 Å². The van der Waals surface area contributed by atoms with E-state index in [1.807, 2.05) is 38.2 Å². The van der Waals surface area contributed by atoms with Gasteiger partial charge in [-0.05, 0) is 61.7 Å². The summed E-state index contributed by atoms with van der Waals surface area (Å²) in [5.41, 5.74) is 1.62.